The normalized spacial score (nSPS) is 17.9. The maximum Gasteiger partial charge on any atom is 0.322 e. The van der Waals surface area contributed by atoms with Crippen LogP contribution in [0.15, 0.2) is 12.5 Å². The fraction of sp³-hybridized carbons (Fsp3) is 0.500. The molecule has 0 spiro atoms. The lowest BCUT2D eigenvalue weighted by atomic mass is 10.1. The summed E-state index contributed by atoms with van der Waals surface area (Å²) in [5.74, 6) is -2.49. The number of carbonyl (C=O) groups excluding carboxylic acids is 3. The summed E-state index contributed by atoms with van der Waals surface area (Å²) < 4.78 is 1.70. The van der Waals surface area contributed by atoms with Crippen LogP contribution in [0.5, 0.6) is 0 Å². The third kappa shape index (κ3) is 4.54. The number of carbonyl (C=O) groups is 4. The first-order valence-corrected chi connectivity index (χ1v) is 7.41. The lowest BCUT2D eigenvalue weighted by Crippen LogP contribution is -2.53. The van der Waals surface area contributed by atoms with E-state index in [0.29, 0.717) is 12.1 Å². The number of carboxylic acids is 1. The number of rotatable bonds is 7. The van der Waals surface area contributed by atoms with E-state index in [0.717, 1.165) is 0 Å². The van der Waals surface area contributed by atoms with Crippen molar-refractivity contribution in [2.24, 2.45) is 7.05 Å². The second-order valence-electron chi connectivity index (χ2n) is 5.53. The second-order valence-corrected chi connectivity index (χ2v) is 5.53. The minimum absolute atomic E-state index is 0.147. The van der Waals surface area contributed by atoms with Crippen molar-refractivity contribution in [1.82, 2.24) is 25.5 Å². The smallest absolute Gasteiger partial charge is 0.322 e. The monoisotopic (exact) mass is 337 g/mol. The van der Waals surface area contributed by atoms with Gasteiger partial charge in [0, 0.05) is 31.8 Å². The van der Waals surface area contributed by atoms with Crippen molar-refractivity contribution < 1.29 is 24.3 Å². The summed E-state index contributed by atoms with van der Waals surface area (Å²) >= 11 is 0. The van der Waals surface area contributed by atoms with Crippen molar-refractivity contribution in [2.45, 2.75) is 31.3 Å². The van der Waals surface area contributed by atoms with Crippen molar-refractivity contribution >= 4 is 23.7 Å². The molecule has 0 aromatic carbocycles. The fourth-order valence-electron chi connectivity index (χ4n) is 2.37. The summed E-state index contributed by atoms with van der Waals surface area (Å²) in [6.07, 6.45) is 3.88. The van der Waals surface area contributed by atoms with Gasteiger partial charge in [0.15, 0.2) is 0 Å². The highest BCUT2D eigenvalue weighted by atomic mass is 16.4. The summed E-state index contributed by atoms with van der Waals surface area (Å²) in [4.78, 5) is 50.2. The van der Waals surface area contributed by atoms with E-state index in [2.05, 4.69) is 20.9 Å². The predicted octanol–water partition coefficient (Wildman–Crippen LogP) is -2.07. The number of aromatic nitrogens is 2. The van der Waals surface area contributed by atoms with E-state index in [1.807, 2.05) is 0 Å². The van der Waals surface area contributed by atoms with Crippen molar-refractivity contribution in [3.05, 3.63) is 18.2 Å². The fourth-order valence-corrected chi connectivity index (χ4v) is 2.37. The summed E-state index contributed by atoms with van der Waals surface area (Å²) in [7, 11) is 1.74. The number of carboxylic acid groups (broad SMARTS) is 1. The highest BCUT2D eigenvalue weighted by Gasteiger charge is 2.31. The van der Waals surface area contributed by atoms with Gasteiger partial charge in [0.1, 0.15) is 18.6 Å². The molecule has 0 unspecified atom stereocenters. The average molecular weight is 337 g/mol. The number of amides is 3. The molecule has 1 aromatic rings. The lowest BCUT2D eigenvalue weighted by molar-refractivity contribution is -0.138. The van der Waals surface area contributed by atoms with Crippen LogP contribution in [-0.2, 0) is 32.6 Å². The van der Waals surface area contributed by atoms with Crippen LogP contribution in [0.3, 0.4) is 0 Å². The molecular formula is C14H19N5O5. The van der Waals surface area contributed by atoms with Gasteiger partial charge in [-0.05, 0) is 6.42 Å². The first-order chi connectivity index (χ1) is 11.4. The minimum atomic E-state index is -1.18. The quantitative estimate of drug-likeness (QED) is 0.450. The molecule has 10 heteroatoms. The molecule has 10 nitrogen and oxygen atoms in total. The summed E-state index contributed by atoms with van der Waals surface area (Å²) in [6.45, 7) is -0.545. The van der Waals surface area contributed by atoms with Gasteiger partial charge in [0.05, 0.1) is 6.33 Å². The molecule has 2 atom stereocenters. The van der Waals surface area contributed by atoms with Crippen molar-refractivity contribution in [1.29, 1.82) is 0 Å². The van der Waals surface area contributed by atoms with Crippen molar-refractivity contribution in [3.63, 3.8) is 0 Å². The summed E-state index contributed by atoms with van der Waals surface area (Å²) in [5.41, 5.74) is 0.696. The number of imidazole rings is 1. The van der Waals surface area contributed by atoms with E-state index >= 15 is 0 Å². The Bertz CT molecular complexity index is 656. The van der Waals surface area contributed by atoms with E-state index in [1.54, 1.807) is 24.1 Å². The number of hydrogen-bond acceptors (Lipinski definition) is 5. The molecule has 130 valence electrons. The van der Waals surface area contributed by atoms with Crippen LogP contribution in [0.2, 0.25) is 0 Å². The Labute approximate surface area is 137 Å². The molecule has 0 aliphatic carbocycles. The summed E-state index contributed by atoms with van der Waals surface area (Å²) in [6, 6.07) is -1.65. The Hall–Kier alpha value is -2.91. The molecule has 4 N–H and O–H groups in total. The number of nitrogens with one attached hydrogen (secondary N) is 3. The highest BCUT2D eigenvalue weighted by Crippen LogP contribution is 2.08. The van der Waals surface area contributed by atoms with Gasteiger partial charge in [-0.3, -0.25) is 19.2 Å². The Morgan fingerprint density at radius 1 is 1.50 bits per heavy atom. The van der Waals surface area contributed by atoms with Crippen LogP contribution in [-0.4, -0.2) is 57.0 Å². The van der Waals surface area contributed by atoms with Crippen LogP contribution in [0, 0.1) is 0 Å². The van der Waals surface area contributed by atoms with Gasteiger partial charge < -0.3 is 25.6 Å². The van der Waals surface area contributed by atoms with Gasteiger partial charge in [-0.1, -0.05) is 0 Å². The van der Waals surface area contributed by atoms with Gasteiger partial charge in [-0.25, -0.2) is 4.98 Å². The van der Waals surface area contributed by atoms with Crippen LogP contribution in [0.4, 0.5) is 0 Å². The zero-order valence-electron chi connectivity index (χ0n) is 13.1. The second kappa shape index (κ2) is 7.57. The number of aliphatic carboxylic acids is 1. The number of nitrogens with zero attached hydrogens (tertiary/aromatic N) is 2. The van der Waals surface area contributed by atoms with Gasteiger partial charge >= 0.3 is 5.97 Å². The summed E-state index contributed by atoms with van der Waals surface area (Å²) in [5, 5.41) is 16.0. The molecule has 2 rings (SSSR count). The Morgan fingerprint density at radius 2 is 2.25 bits per heavy atom. The van der Waals surface area contributed by atoms with E-state index < -0.39 is 36.4 Å². The standard InChI is InChI=1S/C14H19N5O5/c1-19-7-15-5-8(19)4-10(13(23)16-6-12(21)22)18-14(24)9-2-3-11(20)17-9/h5,7,9-10H,2-4,6H2,1H3,(H,16,23)(H,17,20)(H,18,24)(H,21,22)/t9-,10-/m0/s1. The highest BCUT2D eigenvalue weighted by molar-refractivity contribution is 5.94. The molecule has 0 bridgehead atoms. The largest absolute Gasteiger partial charge is 0.480 e. The predicted molar refractivity (Wildman–Crippen MR) is 80.7 cm³/mol. The topological polar surface area (TPSA) is 142 Å². The molecule has 0 radical (unpaired) electrons. The third-order valence-electron chi connectivity index (χ3n) is 3.69. The average Bonchev–Trinajstić information content (AvgIpc) is 3.13. The molecule has 3 amide bonds. The van der Waals surface area contributed by atoms with Crippen LogP contribution < -0.4 is 16.0 Å². The number of hydrogen-bond donors (Lipinski definition) is 4. The van der Waals surface area contributed by atoms with Gasteiger partial charge in [0.2, 0.25) is 17.7 Å². The molecule has 2 heterocycles. The maximum atomic E-state index is 12.2. The Kier molecular flexibility index (Phi) is 5.51. The molecule has 1 aromatic heterocycles. The zero-order chi connectivity index (χ0) is 17.7. The first kappa shape index (κ1) is 17.4. The van der Waals surface area contributed by atoms with Crippen LogP contribution in [0.25, 0.3) is 0 Å². The van der Waals surface area contributed by atoms with Gasteiger partial charge in [-0.15, -0.1) is 0 Å². The zero-order valence-corrected chi connectivity index (χ0v) is 13.1. The minimum Gasteiger partial charge on any atom is -0.480 e. The van der Waals surface area contributed by atoms with E-state index in [4.69, 9.17) is 5.11 Å². The first-order valence-electron chi connectivity index (χ1n) is 7.41. The maximum absolute atomic E-state index is 12.2. The number of aryl methyl sites for hydroxylation is 1. The molecule has 1 fully saturated rings. The molecule has 24 heavy (non-hydrogen) atoms. The SMILES string of the molecule is Cn1cncc1C[C@H](NC(=O)[C@@H]1CCC(=O)N1)C(=O)NCC(=O)O. The van der Waals surface area contributed by atoms with Crippen molar-refractivity contribution in [3.8, 4) is 0 Å². The van der Waals surface area contributed by atoms with Crippen LogP contribution in [0.1, 0.15) is 18.5 Å². The van der Waals surface area contributed by atoms with E-state index in [-0.39, 0.29) is 18.7 Å². The Morgan fingerprint density at radius 3 is 2.79 bits per heavy atom. The van der Waals surface area contributed by atoms with Gasteiger partial charge in [-0.2, -0.15) is 0 Å². The third-order valence-corrected chi connectivity index (χ3v) is 3.69. The Balaban J connectivity index is 2.05. The van der Waals surface area contributed by atoms with E-state index in [9.17, 15) is 19.2 Å². The molecular weight excluding hydrogens is 318 g/mol. The van der Waals surface area contributed by atoms with Gasteiger partial charge in [0.25, 0.3) is 0 Å². The van der Waals surface area contributed by atoms with E-state index in [1.165, 1.54) is 0 Å². The molecule has 1 aliphatic heterocycles. The van der Waals surface area contributed by atoms with Crippen molar-refractivity contribution in [2.75, 3.05) is 6.54 Å². The van der Waals surface area contributed by atoms with Crippen LogP contribution >= 0.6 is 0 Å². The molecule has 1 saturated heterocycles. The lowest BCUT2D eigenvalue weighted by Gasteiger charge is -2.20. The molecule has 1 aliphatic rings. The molecule has 0 saturated carbocycles.